The molecule has 0 aromatic heterocycles. The molecule has 1 heterocycles. The number of sulfonamides is 1. The van der Waals surface area contributed by atoms with Gasteiger partial charge in [-0.15, -0.1) is 0 Å². The van der Waals surface area contributed by atoms with E-state index in [2.05, 4.69) is 11.6 Å². The highest BCUT2D eigenvalue weighted by Gasteiger charge is 2.51. The van der Waals surface area contributed by atoms with Crippen molar-refractivity contribution >= 4 is 15.9 Å². The number of amides is 1. The first-order valence-corrected chi connectivity index (χ1v) is 12.9. The third-order valence-electron chi connectivity index (χ3n) is 7.84. The highest BCUT2D eigenvalue weighted by Crippen LogP contribution is 2.62. The van der Waals surface area contributed by atoms with Crippen LogP contribution >= 0.6 is 0 Å². The Morgan fingerprint density at radius 1 is 1.07 bits per heavy atom. The summed E-state index contributed by atoms with van der Waals surface area (Å²) in [7, 11) is -3.18. The Balaban J connectivity index is 1.34. The van der Waals surface area contributed by atoms with E-state index in [1.807, 2.05) is 17.9 Å². The standard InChI is InChI=1S/C22H36N2O3S/c1-3-8-28(26,27)23-20-4-6-24(7-5-20)21(25)9-16(2)22-13-17-10-18(14-22)12-19(11-17)15-22/h9,17-20,23H,3-8,10-15H2,1-2H3/b16-9-. The predicted octanol–water partition coefficient (Wildman–Crippen LogP) is 3.47. The van der Waals surface area contributed by atoms with Crippen molar-refractivity contribution in [3.63, 3.8) is 0 Å². The maximum Gasteiger partial charge on any atom is 0.246 e. The molecule has 4 bridgehead atoms. The molecule has 5 nitrogen and oxygen atoms in total. The lowest BCUT2D eigenvalue weighted by molar-refractivity contribution is -0.127. The second-order valence-corrected chi connectivity index (χ2v) is 11.9. The summed E-state index contributed by atoms with van der Waals surface area (Å²) in [5.41, 5.74) is 1.60. The molecule has 1 aliphatic heterocycles. The van der Waals surface area contributed by atoms with Crippen molar-refractivity contribution in [2.45, 2.75) is 77.7 Å². The van der Waals surface area contributed by atoms with Crippen molar-refractivity contribution < 1.29 is 13.2 Å². The number of hydrogen-bond donors (Lipinski definition) is 1. The Morgan fingerprint density at radius 2 is 1.61 bits per heavy atom. The van der Waals surface area contributed by atoms with Gasteiger partial charge in [-0.1, -0.05) is 12.5 Å². The summed E-state index contributed by atoms with van der Waals surface area (Å²) in [6.07, 6.45) is 12.1. The fraction of sp³-hybridized carbons (Fsp3) is 0.864. The van der Waals surface area contributed by atoms with Gasteiger partial charge in [-0.05, 0) is 87.9 Å². The van der Waals surface area contributed by atoms with Gasteiger partial charge in [0, 0.05) is 25.2 Å². The minimum atomic E-state index is -3.18. The topological polar surface area (TPSA) is 66.5 Å². The van der Waals surface area contributed by atoms with Crippen LogP contribution in [0.5, 0.6) is 0 Å². The maximum absolute atomic E-state index is 12.9. The largest absolute Gasteiger partial charge is 0.339 e. The van der Waals surface area contributed by atoms with E-state index in [4.69, 9.17) is 0 Å². The first-order chi connectivity index (χ1) is 13.3. The SMILES string of the molecule is CCCS(=O)(=O)NC1CCN(C(=O)/C=C(/C)C23CC4CC(CC(C4)C2)C3)CC1. The van der Waals surface area contributed by atoms with Crippen LogP contribution in [0.1, 0.15) is 71.6 Å². The number of rotatable bonds is 6. The van der Waals surface area contributed by atoms with Crippen molar-refractivity contribution in [3.8, 4) is 0 Å². The summed E-state index contributed by atoms with van der Waals surface area (Å²) >= 11 is 0. The normalized spacial score (nSPS) is 36.1. The summed E-state index contributed by atoms with van der Waals surface area (Å²) in [5, 5.41) is 0. The number of nitrogens with one attached hydrogen (secondary N) is 1. The lowest BCUT2D eigenvalue weighted by Gasteiger charge is -2.57. The van der Waals surface area contributed by atoms with Crippen LogP contribution in [0.3, 0.4) is 0 Å². The van der Waals surface area contributed by atoms with Crippen molar-refractivity contribution in [1.82, 2.24) is 9.62 Å². The lowest BCUT2D eigenvalue weighted by Crippen LogP contribution is -2.48. The van der Waals surface area contributed by atoms with Crippen LogP contribution in [0, 0.1) is 23.2 Å². The zero-order valence-corrected chi connectivity index (χ0v) is 18.3. The molecule has 5 aliphatic rings. The molecule has 0 radical (unpaired) electrons. The molecule has 5 rings (SSSR count). The van der Waals surface area contributed by atoms with Crippen LogP contribution in [0.2, 0.25) is 0 Å². The Kier molecular flexibility index (Phi) is 5.64. The molecule has 1 amide bonds. The summed E-state index contributed by atoms with van der Waals surface area (Å²) in [4.78, 5) is 14.8. The average molecular weight is 409 g/mol. The van der Waals surface area contributed by atoms with Gasteiger partial charge in [-0.2, -0.15) is 0 Å². The lowest BCUT2D eigenvalue weighted by atomic mass is 9.48. The van der Waals surface area contributed by atoms with Crippen molar-refractivity contribution in [1.29, 1.82) is 0 Å². The van der Waals surface area contributed by atoms with E-state index in [-0.39, 0.29) is 17.7 Å². The molecule has 0 atom stereocenters. The molecule has 1 N–H and O–H groups in total. The van der Waals surface area contributed by atoms with Crippen LogP contribution in [0.4, 0.5) is 0 Å². The molecule has 158 valence electrons. The van der Waals surface area contributed by atoms with Gasteiger partial charge < -0.3 is 4.90 Å². The first-order valence-electron chi connectivity index (χ1n) is 11.3. The first kappa shape index (κ1) is 20.4. The third kappa shape index (κ3) is 4.18. The van der Waals surface area contributed by atoms with E-state index in [1.165, 1.54) is 44.1 Å². The molecular weight excluding hydrogens is 372 g/mol. The fourth-order valence-corrected chi connectivity index (χ4v) is 8.22. The molecule has 5 fully saturated rings. The molecule has 1 saturated heterocycles. The van der Waals surface area contributed by atoms with Crippen molar-refractivity contribution in [3.05, 3.63) is 11.6 Å². The zero-order valence-electron chi connectivity index (χ0n) is 17.5. The summed E-state index contributed by atoms with van der Waals surface area (Å²) in [6.45, 7) is 5.35. The van der Waals surface area contributed by atoms with Gasteiger partial charge in [-0.3, -0.25) is 4.79 Å². The molecule has 0 aromatic carbocycles. The summed E-state index contributed by atoms with van der Waals surface area (Å²) in [6, 6.07) is -0.0335. The summed E-state index contributed by atoms with van der Waals surface area (Å²) in [5.74, 6) is 2.96. The second kappa shape index (κ2) is 7.75. The molecular formula is C22H36N2O3S. The number of carbonyl (C=O) groups is 1. The molecule has 4 aliphatic carbocycles. The van der Waals surface area contributed by atoms with E-state index >= 15 is 0 Å². The highest BCUT2D eigenvalue weighted by atomic mass is 32.2. The average Bonchev–Trinajstić information content (AvgIpc) is 2.60. The molecule has 0 spiro atoms. The minimum absolute atomic E-state index is 0.0335. The Bertz CT molecular complexity index is 700. The van der Waals surface area contributed by atoms with Gasteiger partial charge >= 0.3 is 0 Å². The van der Waals surface area contributed by atoms with Crippen LogP contribution < -0.4 is 4.72 Å². The monoisotopic (exact) mass is 408 g/mol. The van der Waals surface area contributed by atoms with E-state index in [1.54, 1.807) is 0 Å². The minimum Gasteiger partial charge on any atom is -0.339 e. The van der Waals surface area contributed by atoms with Gasteiger partial charge in [0.1, 0.15) is 0 Å². The Morgan fingerprint density at radius 3 is 2.11 bits per heavy atom. The number of allylic oxidation sites excluding steroid dienone is 1. The van der Waals surface area contributed by atoms with Gasteiger partial charge in [0.05, 0.1) is 5.75 Å². The maximum atomic E-state index is 12.9. The number of nitrogens with zero attached hydrogens (tertiary/aromatic N) is 1. The van der Waals surface area contributed by atoms with Crippen LogP contribution in [0.25, 0.3) is 0 Å². The van der Waals surface area contributed by atoms with Gasteiger partial charge in [-0.25, -0.2) is 13.1 Å². The number of hydrogen-bond acceptors (Lipinski definition) is 3. The van der Waals surface area contributed by atoms with Gasteiger partial charge in [0.15, 0.2) is 0 Å². The van der Waals surface area contributed by atoms with Crippen LogP contribution in [-0.4, -0.2) is 44.1 Å². The smallest absolute Gasteiger partial charge is 0.246 e. The highest BCUT2D eigenvalue weighted by molar-refractivity contribution is 7.89. The molecule has 28 heavy (non-hydrogen) atoms. The van der Waals surface area contributed by atoms with Crippen molar-refractivity contribution in [2.75, 3.05) is 18.8 Å². The third-order valence-corrected chi connectivity index (χ3v) is 9.48. The summed E-state index contributed by atoms with van der Waals surface area (Å²) < 4.78 is 26.7. The molecule has 0 unspecified atom stereocenters. The molecule has 4 saturated carbocycles. The van der Waals surface area contributed by atoms with E-state index < -0.39 is 10.0 Å². The predicted molar refractivity (Wildman–Crippen MR) is 111 cm³/mol. The Hall–Kier alpha value is -0.880. The number of piperidine rings is 1. The van der Waals surface area contributed by atoms with Crippen LogP contribution in [0.15, 0.2) is 11.6 Å². The van der Waals surface area contributed by atoms with Gasteiger partial charge in [0.2, 0.25) is 15.9 Å². The van der Waals surface area contributed by atoms with E-state index in [9.17, 15) is 13.2 Å². The number of carbonyl (C=O) groups excluding carboxylic acids is 1. The van der Waals surface area contributed by atoms with E-state index in [0.29, 0.717) is 37.8 Å². The quantitative estimate of drug-likeness (QED) is 0.685. The molecule has 0 aromatic rings. The fourth-order valence-electron chi connectivity index (χ4n) is 6.82. The number of likely N-dealkylation sites (tertiary alicyclic amines) is 1. The van der Waals surface area contributed by atoms with Gasteiger partial charge in [0.25, 0.3) is 0 Å². The Labute approximate surface area is 170 Å². The van der Waals surface area contributed by atoms with Crippen LogP contribution in [-0.2, 0) is 14.8 Å². The zero-order chi connectivity index (χ0) is 19.9. The van der Waals surface area contributed by atoms with E-state index in [0.717, 1.165) is 17.8 Å². The molecule has 6 heteroatoms. The second-order valence-electron chi connectivity index (χ2n) is 10.1. The van der Waals surface area contributed by atoms with Crippen molar-refractivity contribution in [2.24, 2.45) is 23.2 Å².